The number of hydrogen-bond donors (Lipinski definition) is 3. The molecule has 0 aliphatic carbocycles. The van der Waals surface area contributed by atoms with Crippen molar-refractivity contribution in [3.05, 3.63) is 32.6 Å². The van der Waals surface area contributed by atoms with Gasteiger partial charge in [0.05, 0.1) is 23.3 Å². The molecule has 1 aliphatic heterocycles. The molecule has 0 unspecified atom stereocenters. The molecule has 1 aromatic rings. The summed E-state index contributed by atoms with van der Waals surface area (Å²) in [5, 5.41) is 18.3. The molecule has 0 radical (unpaired) electrons. The summed E-state index contributed by atoms with van der Waals surface area (Å²) in [6, 6.07) is 0. The van der Waals surface area contributed by atoms with Gasteiger partial charge in [0.15, 0.2) is 0 Å². The monoisotopic (exact) mass is 272 g/mol. The van der Waals surface area contributed by atoms with E-state index in [1.165, 1.54) is 16.3 Å². The average Bonchev–Trinajstić information content (AvgIpc) is 2.70. The Kier molecular flexibility index (Phi) is 3.94. The lowest BCUT2D eigenvalue weighted by Gasteiger charge is -2.13. The maximum absolute atomic E-state index is 11.7. The summed E-state index contributed by atoms with van der Waals surface area (Å²) in [4.78, 5) is 25.5. The molecule has 0 saturated carbocycles. The van der Waals surface area contributed by atoms with Crippen molar-refractivity contribution in [1.29, 1.82) is 0 Å². The van der Waals surface area contributed by atoms with Crippen LogP contribution in [0.15, 0.2) is 15.8 Å². The number of aromatic nitrogens is 2. The normalized spacial score (nSPS) is 27.6. The van der Waals surface area contributed by atoms with Gasteiger partial charge in [0, 0.05) is 18.2 Å². The van der Waals surface area contributed by atoms with Gasteiger partial charge < -0.3 is 10.2 Å². The Hall–Kier alpha value is -1.05. The molecule has 1 aliphatic rings. The highest BCUT2D eigenvalue weighted by molar-refractivity contribution is 8.00. The Morgan fingerprint density at radius 3 is 2.83 bits per heavy atom. The zero-order valence-corrected chi connectivity index (χ0v) is 10.8. The number of aliphatic hydroxyl groups is 2. The predicted molar refractivity (Wildman–Crippen MR) is 68.8 cm³/mol. The second-order valence-corrected chi connectivity index (χ2v) is 5.71. The van der Waals surface area contributed by atoms with Crippen molar-refractivity contribution in [2.45, 2.75) is 36.5 Å². The minimum Gasteiger partial charge on any atom is -0.395 e. The number of H-pyrrole nitrogens is 1. The minimum absolute atomic E-state index is 0.124. The van der Waals surface area contributed by atoms with Crippen LogP contribution < -0.4 is 11.2 Å². The Morgan fingerprint density at radius 1 is 1.56 bits per heavy atom. The Morgan fingerprint density at radius 2 is 2.28 bits per heavy atom. The number of thioether (sulfide) groups is 1. The van der Waals surface area contributed by atoms with Crippen LogP contribution >= 0.6 is 11.8 Å². The first-order valence-corrected chi connectivity index (χ1v) is 6.79. The first-order valence-electron chi connectivity index (χ1n) is 5.85. The first-order chi connectivity index (χ1) is 8.56. The molecule has 100 valence electrons. The highest BCUT2D eigenvalue weighted by atomic mass is 32.2. The molecule has 0 spiro atoms. The summed E-state index contributed by atoms with van der Waals surface area (Å²) in [7, 11) is 0. The lowest BCUT2D eigenvalue weighted by Crippen LogP contribution is -2.32. The lowest BCUT2D eigenvalue weighted by atomic mass is 10.2. The van der Waals surface area contributed by atoms with E-state index >= 15 is 0 Å². The molecule has 2 rings (SSSR count). The van der Waals surface area contributed by atoms with Crippen molar-refractivity contribution in [1.82, 2.24) is 9.55 Å². The average molecular weight is 272 g/mol. The summed E-state index contributed by atoms with van der Waals surface area (Å²) >= 11 is 1.35. The fourth-order valence-corrected chi connectivity index (χ4v) is 3.42. The van der Waals surface area contributed by atoms with Crippen LogP contribution in [-0.2, 0) is 6.42 Å². The van der Waals surface area contributed by atoms with Gasteiger partial charge in [-0.25, -0.2) is 4.79 Å². The van der Waals surface area contributed by atoms with Gasteiger partial charge in [0.1, 0.15) is 0 Å². The maximum atomic E-state index is 11.7. The molecular formula is C11H16N2O4S. The number of aliphatic hydroxyl groups excluding tert-OH is 2. The van der Waals surface area contributed by atoms with E-state index in [0.29, 0.717) is 18.4 Å². The molecule has 3 atom stereocenters. The van der Waals surface area contributed by atoms with E-state index < -0.39 is 11.8 Å². The zero-order chi connectivity index (χ0) is 13.3. The van der Waals surface area contributed by atoms with Crippen LogP contribution in [-0.4, -0.2) is 37.7 Å². The number of aryl methyl sites for hydroxylation is 1. The van der Waals surface area contributed by atoms with Crippen molar-refractivity contribution >= 4 is 11.8 Å². The Balaban J connectivity index is 2.35. The topological polar surface area (TPSA) is 95.3 Å². The summed E-state index contributed by atoms with van der Waals surface area (Å²) in [5.41, 5.74) is -0.293. The molecule has 3 N–H and O–H groups in total. The smallest absolute Gasteiger partial charge is 0.329 e. The van der Waals surface area contributed by atoms with Crippen LogP contribution in [0.4, 0.5) is 0 Å². The fourth-order valence-electron chi connectivity index (χ4n) is 2.04. The second kappa shape index (κ2) is 5.29. The quantitative estimate of drug-likeness (QED) is 0.686. The molecule has 1 saturated heterocycles. The summed E-state index contributed by atoms with van der Waals surface area (Å²) < 4.78 is 1.43. The van der Waals surface area contributed by atoms with Crippen molar-refractivity contribution in [2.24, 2.45) is 0 Å². The molecule has 0 amide bonds. The van der Waals surface area contributed by atoms with Crippen LogP contribution in [0.5, 0.6) is 0 Å². The number of rotatable bonds is 3. The van der Waals surface area contributed by atoms with Gasteiger partial charge in [0.2, 0.25) is 0 Å². The molecule has 7 heteroatoms. The number of nitrogens with zero attached hydrogens (tertiary/aromatic N) is 1. The molecule has 6 nitrogen and oxygen atoms in total. The van der Waals surface area contributed by atoms with Gasteiger partial charge in [-0.15, -0.1) is 11.8 Å². The van der Waals surface area contributed by atoms with Gasteiger partial charge in [-0.3, -0.25) is 14.3 Å². The van der Waals surface area contributed by atoms with Crippen LogP contribution in [0.25, 0.3) is 0 Å². The molecule has 0 bridgehead atoms. The Bertz CT molecular complexity index is 539. The lowest BCUT2D eigenvalue weighted by molar-refractivity contribution is 0.137. The fraction of sp³-hybridized carbons (Fsp3) is 0.636. The summed E-state index contributed by atoms with van der Waals surface area (Å²) in [6.45, 7) is 1.72. The third-order valence-electron chi connectivity index (χ3n) is 3.12. The highest BCUT2D eigenvalue weighted by Crippen LogP contribution is 2.40. The highest BCUT2D eigenvalue weighted by Gasteiger charge is 2.34. The van der Waals surface area contributed by atoms with E-state index in [2.05, 4.69) is 4.98 Å². The van der Waals surface area contributed by atoms with E-state index in [1.54, 1.807) is 6.20 Å². The standard InChI is InChI=1S/C11H16N2O4S/c1-2-6-4-13(11(17)12-10(6)16)9-3-7(15)8(5-14)18-9/h4,7-9,14-15H,2-3,5H2,1H3,(H,12,16,17)/t7-,8+,9-/m1/s1. The Labute approximate surface area is 108 Å². The van der Waals surface area contributed by atoms with Crippen molar-refractivity contribution < 1.29 is 10.2 Å². The first kappa shape index (κ1) is 13.4. The molecule has 1 fully saturated rings. The van der Waals surface area contributed by atoms with Gasteiger partial charge in [-0.2, -0.15) is 0 Å². The number of aromatic amines is 1. The SMILES string of the molecule is CCc1cn([C@H]2C[C@@H](O)[C@H](CO)S2)c(=O)[nH]c1=O. The zero-order valence-electron chi connectivity index (χ0n) is 10.00. The number of nitrogens with one attached hydrogen (secondary N) is 1. The summed E-state index contributed by atoms with van der Waals surface area (Å²) in [5.74, 6) is 0. The van der Waals surface area contributed by atoms with Crippen LogP contribution in [0.2, 0.25) is 0 Å². The minimum atomic E-state index is -0.631. The third kappa shape index (κ3) is 2.38. The molecule has 0 aromatic carbocycles. The molecule has 18 heavy (non-hydrogen) atoms. The molecular weight excluding hydrogens is 256 g/mol. The van der Waals surface area contributed by atoms with Crippen molar-refractivity contribution in [3.8, 4) is 0 Å². The van der Waals surface area contributed by atoms with Crippen LogP contribution in [0.3, 0.4) is 0 Å². The van der Waals surface area contributed by atoms with E-state index in [-0.39, 0.29) is 22.8 Å². The van der Waals surface area contributed by atoms with Gasteiger partial charge in [-0.05, 0) is 6.42 Å². The largest absolute Gasteiger partial charge is 0.395 e. The maximum Gasteiger partial charge on any atom is 0.329 e. The van der Waals surface area contributed by atoms with Gasteiger partial charge in [0.25, 0.3) is 5.56 Å². The predicted octanol–water partition coefficient (Wildman–Crippen LogP) is -0.544. The third-order valence-corrected chi connectivity index (χ3v) is 4.66. The molecule has 2 heterocycles. The van der Waals surface area contributed by atoms with Crippen LogP contribution in [0.1, 0.15) is 24.3 Å². The van der Waals surface area contributed by atoms with E-state index in [4.69, 9.17) is 5.11 Å². The van der Waals surface area contributed by atoms with Crippen LogP contribution in [0, 0.1) is 0 Å². The molecule has 1 aromatic heterocycles. The van der Waals surface area contributed by atoms with Crippen molar-refractivity contribution in [2.75, 3.05) is 6.61 Å². The van der Waals surface area contributed by atoms with Gasteiger partial charge >= 0.3 is 5.69 Å². The van der Waals surface area contributed by atoms with E-state index in [9.17, 15) is 14.7 Å². The number of hydrogen-bond acceptors (Lipinski definition) is 5. The van der Waals surface area contributed by atoms with Gasteiger partial charge in [-0.1, -0.05) is 6.92 Å². The van der Waals surface area contributed by atoms with Crippen molar-refractivity contribution in [3.63, 3.8) is 0 Å². The van der Waals surface area contributed by atoms with E-state index in [1.807, 2.05) is 6.92 Å². The summed E-state index contributed by atoms with van der Waals surface area (Å²) in [6.07, 6.45) is 1.85. The second-order valence-electron chi connectivity index (χ2n) is 4.29. The van der Waals surface area contributed by atoms with E-state index in [0.717, 1.165) is 0 Å².